The van der Waals surface area contributed by atoms with Crippen LogP contribution in [0.15, 0.2) is 77.3 Å². The second kappa shape index (κ2) is 6.96. The normalized spacial score (nSPS) is 11.6. The Balaban J connectivity index is 1.76. The molecule has 0 bridgehead atoms. The maximum Gasteiger partial charge on any atom is 0.417 e. The monoisotopic (exact) mass is 380 g/mol. The second-order valence-electron chi connectivity index (χ2n) is 6.41. The Morgan fingerprint density at radius 1 is 0.786 bits per heavy atom. The number of rotatable bonds is 3. The fourth-order valence-electron chi connectivity index (χ4n) is 2.94. The van der Waals surface area contributed by atoms with E-state index in [2.05, 4.69) is 10.1 Å². The molecule has 28 heavy (non-hydrogen) atoms. The third-order valence-corrected chi connectivity index (χ3v) is 4.39. The van der Waals surface area contributed by atoms with Gasteiger partial charge in [-0.05, 0) is 30.2 Å². The van der Waals surface area contributed by atoms with Crippen LogP contribution in [0.1, 0.15) is 11.1 Å². The lowest BCUT2D eigenvalue weighted by Crippen LogP contribution is -2.07. The SMILES string of the molecule is Cc1ccc(-c2noc(-c3ccc(-c4ccccc4)c(C(F)(F)F)c3)n2)cc1. The third-order valence-electron chi connectivity index (χ3n) is 4.39. The molecular formula is C22H15F3N2O. The molecule has 0 spiro atoms. The van der Waals surface area contributed by atoms with Gasteiger partial charge in [0.2, 0.25) is 5.82 Å². The predicted octanol–water partition coefficient (Wildman–Crippen LogP) is 6.40. The van der Waals surface area contributed by atoms with Gasteiger partial charge in [0.25, 0.3) is 5.89 Å². The molecule has 0 N–H and O–H groups in total. The Morgan fingerprint density at radius 3 is 2.14 bits per heavy atom. The first-order valence-corrected chi connectivity index (χ1v) is 8.59. The molecule has 1 heterocycles. The van der Waals surface area contributed by atoms with Gasteiger partial charge >= 0.3 is 6.18 Å². The van der Waals surface area contributed by atoms with Crippen LogP contribution >= 0.6 is 0 Å². The van der Waals surface area contributed by atoms with Gasteiger partial charge < -0.3 is 4.52 Å². The van der Waals surface area contributed by atoms with Crippen molar-refractivity contribution in [2.45, 2.75) is 13.1 Å². The molecule has 0 saturated carbocycles. The first-order valence-electron chi connectivity index (χ1n) is 8.59. The van der Waals surface area contributed by atoms with Crippen molar-refractivity contribution < 1.29 is 17.7 Å². The molecule has 0 amide bonds. The quantitative estimate of drug-likeness (QED) is 0.413. The van der Waals surface area contributed by atoms with Crippen LogP contribution in [-0.2, 0) is 6.18 Å². The van der Waals surface area contributed by atoms with Gasteiger partial charge in [0.05, 0.1) is 5.56 Å². The summed E-state index contributed by atoms with van der Waals surface area (Å²) in [4.78, 5) is 4.26. The number of halogens is 3. The van der Waals surface area contributed by atoms with E-state index < -0.39 is 11.7 Å². The van der Waals surface area contributed by atoms with Gasteiger partial charge in [0.15, 0.2) is 0 Å². The van der Waals surface area contributed by atoms with Crippen molar-refractivity contribution in [1.29, 1.82) is 0 Å². The lowest BCUT2D eigenvalue weighted by atomic mass is 9.97. The molecule has 3 aromatic carbocycles. The van der Waals surface area contributed by atoms with Crippen LogP contribution < -0.4 is 0 Å². The summed E-state index contributed by atoms with van der Waals surface area (Å²) in [6.45, 7) is 1.96. The van der Waals surface area contributed by atoms with Crippen molar-refractivity contribution in [1.82, 2.24) is 10.1 Å². The van der Waals surface area contributed by atoms with Crippen LogP contribution in [-0.4, -0.2) is 10.1 Å². The van der Waals surface area contributed by atoms with Gasteiger partial charge in [-0.2, -0.15) is 18.2 Å². The standard InChI is InChI=1S/C22H15F3N2O/c1-14-7-9-16(10-8-14)20-26-21(28-27-20)17-11-12-18(15-5-3-2-4-6-15)19(13-17)22(23,24)25/h2-13H,1H3. The molecular weight excluding hydrogens is 365 g/mol. The summed E-state index contributed by atoms with van der Waals surface area (Å²) in [6, 6.07) is 20.0. The minimum Gasteiger partial charge on any atom is -0.334 e. The summed E-state index contributed by atoms with van der Waals surface area (Å²) < 4.78 is 46.2. The zero-order chi connectivity index (χ0) is 19.7. The van der Waals surface area contributed by atoms with Crippen LogP contribution in [0, 0.1) is 6.92 Å². The van der Waals surface area contributed by atoms with Crippen LogP contribution in [0.5, 0.6) is 0 Å². The number of hydrogen-bond acceptors (Lipinski definition) is 3. The van der Waals surface area contributed by atoms with Gasteiger partial charge in [-0.25, -0.2) is 0 Å². The number of nitrogens with zero attached hydrogens (tertiary/aromatic N) is 2. The van der Waals surface area contributed by atoms with Crippen molar-refractivity contribution in [3.05, 3.63) is 83.9 Å². The molecule has 3 nitrogen and oxygen atoms in total. The molecule has 0 aliphatic rings. The van der Waals surface area contributed by atoms with E-state index in [9.17, 15) is 13.2 Å². The highest BCUT2D eigenvalue weighted by Gasteiger charge is 2.34. The van der Waals surface area contributed by atoms with E-state index in [4.69, 9.17) is 4.52 Å². The minimum absolute atomic E-state index is 0.0423. The Hall–Kier alpha value is -3.41. The number of benzene rings is 3. The Labute approximate surface area is 159 Å². The van der Waals surface area contributed by atoms with E-state index in [1.165, 1.54) is 6.07 Å². The summed E-state index contributed by atoms with van der Waals surface area (Å²) in [5.41, 5.74) is 1.89. The Bertz CT molecular complexity index is 1100. The van der Waals surface area contributed by atoms with Gasteiger partial charge in [-0.3, -0.25) is 0 Å². The Morgan fingerprint density at radius 2 is 1.46 bits per heavy atom. The lowest BCUT2D eigenvalue weighted by Gasteiger charge is -2.14. The van der Waals surface area contributed by atoms with Crippen molar-refractivity contribution in [2.24, 2.45) is 0 Å². The summed E-state index contributed by atoms with van der Waals surface area (Å²) in [7, 11) is 0. The van der Waals surface area contributed by atoms with E-state index in [1.807, 2.05) is 31.2 Å². The topological polar surface area (TPSA) is 38.9 Å². The van der Waals surface area contributed by atoms with Gasteiger partial charge in [0.1, 0.15) is 0 Å². The maximum absolute atomic E-state index is 13.7. The molecule has 0 aliphatic heterocycles. The van der Waals surface area contributed by atoms with Crippen molar-refractivity contribution >= 4 is 0 Å². The third kappa shape index (κ3) is 3.53. The molecule has 0 saturated heterocycles. The molecule has 4 rings (SSSR count). The maximum atomic E-state index is 13.7. The number of hydrogen-bond donors (Lipinski definition) is 0. The largest absolute Gasteiger partial charge is 0.417 e. The highest BCUT2D eigenvalue weighted by molar-refractivity contribution is 5.72. The summed E-state index contributed by atoms with van der Waals surface area (Å²) in [6.07, 6.45) is -4.51. The van der Waals surface area contributed by atoms with E-state index in [-0.39, 0.29) is 17.0 Å². The number of aryl methyl sites for hydroxylation is 1. The molecule has 4 aromatic rings. The van der Waals surface area contributed by atoms with E-state index >= 15 is 0 Å². The Kier molecular flexibility index (Phi) is 4.47. The summed E-state index contributed by atoms with van der Waals surface area (Å²) in [5.74, 6) is 0.372. The minimum atomic E-state index is -4.51. The van der Waals surface area contributed by atoms with Crippen LogP contribution in [0.2, 0.25) is 0 Å². The molecule has 0 aliphatic carbocycles. The zero-order valence-electron chi connectivity index (χ0n) is 14.9. The fourth-order valence-corrected chi connectivity index (χ4v) is 2.94. The first kappa shape index (κ1) is 18.0. The molecule has 1 aromatic heterocycles. The van der Waals surface area contributed by atoms with E-state index in [0.717, 1.165) is 17.2 Å². The van der Waals surface area contributed by atoms with E-state index in [1.54, 1.807) is 36.4 Å². The van der Waals surface area contributed by atoms with Crippen LogP contribution in [0.4, 0.5) is 13.2 Å². The lowest BCUT2D eigenvalue weighted by molar-refractivity contribution is -0.137. The highest BCUT2D eigenvalue weighted by atomic mass is 19.4. The van der Waals surface area contributed by atoms with Crippen molar-refractivity contribution in [3.63, 3.8) is 0 Å². The molecule has 6 heteroatoms. The fraction of sp³-hybridized carbons (Fsp3) is 0.0909. The highest BCUT2D eigenvalue weighted by Crippen LogP contribution is 2.39. The van der Waals surface area contributed by atoms with Gasteiger partial charge in [-0.15, -0.1) is 0 Å². The zero-order valence-corrected chi connectivity index (χ0v) is 14.9. The van der Waals surface area contributed by atoms with Gasteiger partial charge in [-0.1, -0.05) is 71.4 Å². The van der Waals surface area contributed by atoms with Crippen molar-refractivity contribution in [3.8, 4) is 34.0 Å². The van der Waals surface area contributed by atoms with Gasteiger partial charge in [0, 0.05) is 11.1 Å². The second-order valence-corrected chi connectivity index (χ2v) is 6.41. The number of aromatic nitrogens is 2. The van der Waals surface area contributed by atoms with Crippen LogP contribution in [0.3, 0.4) is 0 Å². The van der Waals surface area contributed by atoms with Crippen LogP contribution in [0.25, 0.3) is 34.0 Å². The predicted molar refractivity (Wildman–Crippen MR) is 100 cm³/mol. The summed E-state index contributed by atoms with van der Waals surface area (Å²) >= 11 is 0. The average molecular weight is 380 g/mol. The molecule has 0 atom stereocenters. The average Bonchev–Trinajstić information content (AvgIpc) is 3.18. The van der Waals surface area contributed by atoms with E-state index in [0.29, 0.717) is 11.4 Å². The molecule has 140 valence electrons. The molecule has 0 fully saturated rings. The smallest absolute Gasteiger partial charge is 0.334 e. The first-order chi connectivity index (χ1) is 13.4. The molecule has 0 unspecified atom stereocenters. The summed E-state index contributed by atoms with van der Waals surface area (Å²) in [5, 5.41) is 3.90. The van der Waals surface area contributed by atoms with Crippen molar-refractivity contribution in [2.75, 3.05) is 0 Å². The number of alkyl halides is 3. The molecule has 0 radical (unpaired) electrons.